The van der Waals surface area contributed by atoms with Gasteiger partial charge in [-0.2, -0.15) is 0 Å². The summed E-state index contributed by atoms with van der Waals surface area (Å²) in [6.07, 6.45) is 16.2. The Morgan fingerprint density at radius 3 is 2.24 bits per heavy atom. The van der Waals surface area contributed by atoms with Crippen molar-refractivity contribution < 1.29 is 5.11 Å². The lowest BCUT2D eigenvalue weighted by molar-refractivity contribution is -0.0565. The average Bonchev–Trinajstić information content (AvgIpc) is 3.28. The summed E-state index contributed by atoms with van der Waals surface area (Å²) in [5.41, 5.74) is 6.45. The monoisotopic (exact) mass is 494 g/mol. The van der Waals surface area contributed by atoms with Crippen molar-refractivity contribution in [1.29, 1.82) is 0 Å². The van der Waals surface area contributed by atoms with E-state index in [1.165, 1.54) is 55.2 Å². The van der Waals surface area contributed by atoms with E-state index in [2.05, 4.69) is 93.6 Å². The van der Waals surface area contributed by atoms with Gasteiger partial charge in [0.1, 0.15) is 0 Å². The van der Waals surface area contributed by atoms with Crippen molar-refractivity contribution >= 4 is 5.57 Å². The summed E-state index contributed by atoms with van der Waals surface area (Å²) < 4.78 is 0. The van der Waals surface area contributed by atoms with Gasteiger partial charge in [-0.05, 0) is 115 Å². The van der Waals surface area contributed by atoms with Crippen molar-refractivity contribution in [2.75, 3.05) is 0 Å². The van der Waals surface area contributed by atoms with Crippen LogP contribution in [0.1, 0.15) is 89.7 Å². The first-order valence-corrected chi connectivity index (χ1v) is 15.1. The molecule has 0 aliphatic heterocycles. The Hall–Kier alpha value is -2.12. The SMILES string of the molecule is CC(CC=C(c1ccccc1)c1ccccc1)[C@@H]1CCC2C3CC=C4C[C@H](O)CC[C@@]4(C)C3CC[C@]21C. The first-order chi connectivity index (χ1) is 17.9. The Morgan fingerprint density at radius 1 is 0.892 bits per heavy atom. The predicted octanol–water partition coefficient (Wildman–Crippen LogP) is 9.08. The van der Waals surface area contributed by atoms with Crippen LogP contribution in [0.3, 0.4) is 0 Å². The third-order valence-electron chi connectivity index (χ3n) is 11.7. The lowest BCUT2D eigenvalue weighted by atomic mass is 9.47. The third kappa shape index (κ3) is 4.36. The number of hydrogen-bond acceptors (Lipinski definition) is 1. The minimum Gasteiger partial charge on any atom is -0.393 e. The van der Waals surface area contributed by atoms with Gasteiger partial charge in [0.05, 0.1) is 6.10 Å². The fourth-order valence-corrected chi connectivity index (χ4v) is 9.72. The molecule has 1 nitrogen and oxygen atoms in total. The van der Waals surface area contributed by atoms with Crippen LogP contribution in [0.2, 0.25) is 0 Å². The molecule has 0 aromatic heterocycles. The molecule has 1 N–H and O–H groups in total. The molecule has 0 heterocycles. The van der Waals surface area contributed by atoms with Gasteiger partial charge in [-0.25, -0.2) is 0 Å². The number of rotatable bonds is 5. The van der Waals surface area contributed by atoms with E-state index < -0.39 is 0 Å². The maximum absolute atomic E-state index is 10.3. The van der Waals surface area contributed by atoms with E-state index in [4.69, 9.17) is 0 Å². The highest BCUT2D eigenvalue weighted by Gasteiger charge is 2.59. The van der Waals surface area contributed by atoms with Gasteiger partial charge in [-0.3, -0.25) is 0 Å². The van der Waals surface area contributed by atoms with E-state index in [1.54, 1.807) is 5.57 Å². The van der Waals surface area contributed by atoms with Crippen LogP contribution < -0.4 is 0 Å². The molecule has 4 aliphatic rings. The molecule has 4 aliphatic carbocycles. The lowest BCUT2D eigenvalue weighted by Gasteiger charge is -2.58. The quantitative estimate of drug-likeness (QED) is 0.411. The predicted molar refractivity (Wildman–Crippen MR) is 155 cm³/mol. The van der Waals surface area contributed by atoms with Crippen LogP contribution in [0, 0.1) is 40.4 Å². The molecule has 3 saturated carbocycles. The van der Waals surface area contributed by atoms with Crippen LogP contribution in [-0.2, 0) is 0 Å². The van der Waals surface area contributed by atoms with Crippen molar-refractivity contribution in [3.63, 3.8) is 0 Å². The van der Waals surface area contributed by atoms with Crippen LogP contribution in [0.4, 0.5) is 0 Å². The Bertz CT molecular complexity index is 1100. The third-order valence-corrected chi connectivity index (χ3v) is 11.7. The highest BCUT2D eigenvalue weighted by atomic mass is 16.3. The van der Waals surface area contributed by atoms with Crippen LogP contribution >= 0.6 is 0 Å². The maximum Gasteiger partial charge on any atom is 0.0577 e. The number of hydrogen-bond donors (Lipinski definition) is 1. The van der Waals surface area contributed by atoms with Gasteiger partial charge in [-0.1, -0.05) is 99.2 Å². The zero-order chi connectivity index (χ0) is 25.6. The minimum atomic E-state index is -0.105. The number of allylic oxidation sites excluding steroid dienone is 2. The van der Waals surface area contributed by atoms with Crippen molar-refractivity contribution in [2.24, 2.45) is 40.4 Å². The zero-order valence-corrected chi connectivity index (χ0v) is 23.2. The number of aliphatic hydroxyl groups is 1. The molecule has 0 spiro atoms. The summed E-state index contributed by atoms with van der Waals surface area (Å²) in [5, 5.41) is 10.3. The molecule has 196 valence electrons. The van der Waals surface area contributed by atoms with Gasteiger partial charge in [0.25, 0.3) is 0 Å². The molecule has 2 aromatic rings. The number of aliphatic hydroxyl groups excluding tert-OH is 1. The maximum atomic E-state index is 10.3. The van der Waals surface area contributed by atoms with Gasteiger partial charge in [-0.15, -0.1) is 0 Å². The van der Waals surface area contributed by atoms with Crippen LogP contribution in [-0.4, -0.2) is 11.2 Å². The van der Waals surface area contributed by atoms with E-state index in [1.807, 2.05) is 0 Å². The smallest absolute Gasteiger partial charge is 0.0577 e. The van der Waals surface area contributed by atoms with Crippen molar-refractivity contribution in [3.05, 3.63) is 89.5 Å². The summed E-state index contributed by atoms with van der Waals surface area (Å²) in [7, 11) is 0. The molecular formula is C36H46O. The van der Waals surface area contributed by atoms with Crippen LogP contribution in [0.5, 0.6) is 0 Å². The molecule has 0 radical (unpaired) electrons. The minimum absolute atomic E-state index is 0.105. The molecule has 4 unspecified atom stereocenters. The summed E-state index contributed by atoms with van der Waals surface area (Å²) in [4.78, 5) is 0. The molecular weight excluding hydrogens is 448 g/mol. The highest BCUT2D eigenvalue weighted by Crippen LogP contribution is 2.67. The van der Waals surface area contributed by atoms with E-state index >= 15 is 0 Å². The second-order valence-electron chi connectivity index (χ2n) is 13.4. The lowest BCUT2D eigenvalue weighted by Crippen LogP contribution is -2.50. The Kier molecular flexibility index (Phi) is 6.72. The van der Waals surface area contributed by atoms with E-state index in [0.717, 1.165) is 42.9 Å². The summed E-state index contributed by atoms with van der Waals surface area (Å²) in [6.45, 7) is 7.77. The molecule has 37 heavy (non-hydrogen) atoms. The molecule has 2 aromatic carbocycles. The molecule has 0 amide bonds. The van der Waals surface area contributed by atoms with E-state index in [0.29, 0.717) is 16.7 Å². The standard InChI is InChI=1S/C36H46O/c1-25(14-16-30(26-10-6-4-7-11-26)27-12-8-5-9-13-27)32-18-19-33-31-17-15-28-24-29(37)20-22-35(28,2)34(31)21-23-36(32,33)3/h4-13,15-16,25,29,31-34,37H,14,17-24H2,1-3H3/t25?,29-,31?,32+,33?,34?,35-,36+/m1/s1. The molecule has 1 heteroatoms. The van der Waals surface area contributed by atoms with E-state index in [-0.39, 0.29) is 6.10 Å². The summed E-state index contributed by atoms with van der Waals surface area (Å²) in [6, 6.07) is 21.9. The van der Waals surface area contributed by atoms with Crippen LogP contribution in [0.15, 0.2) is 78.4 Å². The van der Waals surface area contributed by atoms with Crippen molar-refractivity contribution in [2.45, 2.75) is 84.7 Å². The molecule has 6 rings (SSSR count). The summed E-state index contributed by atoms with van der Waals surface area (Å²) in [5.74, 6) is 4.05. The molecule has 8 atom stereocenters. The zero-order valence-electron chi connectivity index (χ0n) is 23.2. The second-order valence-corrected chi connectivity index (χ2v) is 13.4. The molecule has 0 bridgehead atoms. The normalized spacial score (nSPS) is 37.5. The largest absolute Gasteiger partial charge is 0.393 e. The van der Waals surface area contributed by atoms with Crippen molar-refractivity contribution in [3.8, 4) is 0 Å². The highest BCUT2D eigenvalue weighted by molar-refractivity contribution is 5.79. The fourth-order valence-electron chi connectivity index (χ4n) is 9.72. The van der Waals surface area contributed by atoms with Gasteiger partial charge >= 0.3 is 0 Å². The van der Waals surface area contributed by atoms with Crippen molar-refractivity contribution in [1.82, 2.24) is 0 Å². The van der Waals surface area contributed by atoms with Crippen LogP contribution in [0.25, 0.3) is 5.57 Å². The molecule has 3 fully saturated rings. The first-order valence-electron chi connectivity index (χ1n) is 15.1. The van der Waals surface area contributed by atoms with E-state index in [9.17, 15) is 5.11 Å². The summed E-state index contributed by atoms with van der Waals surface area (Å²) >= 11 is 0. The van der Waals surface area contributed by atoms with Gasteiger partial charge < -0.3 is 5.11 Å². The Morgan fingerprint density at radius 2 is 1.57 bits per heavy atom. The fraction of sp³-hybridized carbons (Fsp3) is 0.556. The molecule has 0 saturated heterocycles. The number of fused-ring (bicyclic) bond motifs is 5. The second kappa shape index (κ2) is 9.88. The topological polar surface area (TPSA) is 20.2 Å². The number of benzene rings is 2. The van der Waals surface area contributed by atoms with Gasteiger partial charge in [0, 0.05) is 0 Å². The first kappa shape index (κ1) is 25.2. The Balaban J connectivity index is 1.22. The van der Waals surface area contributed by atoms with Gasteiger partial charge in [0.2, 0.25) is 0 Å². The van der Waals surface area contributed by atoms with Gasteiger partial charge in [0.15, 0.2) is 0 Å². The average molecular weight is 495 g/mol. The Labute approximate surface area is 225 Å².